The molecule has 8 heteroatoms. The van der Waals surface area contributed by atoms with Crippen molar-refractivity contribution < 1.29 is 8.42 Å². The quantitative estimate of drug-likeness (QED) is 0.876. The van der Waals surface area contributed by atoms with Crippen LogP contribution in [0.5, 0.6) is 0 Å². The van der Waals surface area contributed by atoms with E-state index in [-0.39, 0.29) is 10.7 Å². The van der Waals surface area contributed by atoms with Gasteiger partial charge in [0, 0.05) is 20.6 Å². The van der Waals surface area contributed by atoms with Crippen LogP contribution < -0.4 is 11.1 Å². The molecule has 6 nitrogen and oxygen atoms in total. The fourth-order valence-electron chi connectivity index (χ4n) is 1.73. The van der Waals surface area contributed by atoms with Crippen LogP contribution in [0.4, 0.5) is 10.8 Å². The third kappa shape index (κ3) is 3.34. The summed E-state index contributed by atoms with van der Waals surface area (Å²) >= 11 is 1.05. The van der Waals surface area contributed by atoms with Gasteiger partial charge in [-0.1, -0.05) is 29.8 Å². The largest absolute Gasteiger partial charge is 0.382 e. The molecule has 0 aliphatic carbocycles. The van der Waals surface area contributed by atoms with Crippen LogP contribution >= 0.6 is 11.5 Å². The second kappa shape index (κ2) is 6.00. The average Bonchev–Trinajstić information content (AvgIpc) is 2.79. The number of hydrogen-bond acceptors (Lipinski definition) is 6. The van der Waals surface area contributed by atoms with Gasteiger partial charge in [-0.2, -0.15) is 4.37 Å². The van der Waals surface area contributed by atoms with Crippen LogP contribution in [0.3, 0.4) is 0 Å². The maximum atomic E-state index is 12.3. The van der Waals surface area contributed by atoms with Gasteiger partial charge in [-0.15, -0.1) is 0 Å². The molecule has 21 heavy (non-hydrogen) atoms. The van der Waals surface area contributed by atoms with Crippen LogP contribution in [0.2, 0.25) is 0 Å². The molecule has 0 amide bonds. The molecule has 0 spiro atoms. The summed E-state index contributed by atoms with van der Waals surface area (Å²) in [7, 11) is -0.675. The number of hydrogen-bond donors (Lipinski definition) is 2. The van der Waals surface area contributed by atoms with E-state index >= 15 is 0 Å². The number of anilines is 2. The fraction of sp³-hybridized carbons (Fsp3) is 0.308. The van der Waals surface area contributed by atoms with Crippen molar-refractivity contribution in [1.82, 2.24) is 8.68 Å². The molecule has 0 atom stereocenters. The van der Waals surface area contributed by atoms with Crippen LogP contribution in [0.15, 0.2) is 29.2 Å². The summed E-state index contributed by atoms with van der Waals surface area (Å²) in [6.45, 7) is 2.53. The second-order valence-electron chi connectivity index (χ2n) is 4.85. The lowest BCUT2D eigenvalue weighted by atomic mass is 10.1. The Morgan fingerprint density at radius 2 is 1.90 bits per heavy atom. The molecule has 0 bridgehead atoms. The van der Waals surface area contributed by atoms with Gasteiger partial charge in [0.2, 0.25) is 10.0 Å². The van der Waals surface area contributed by atoms with Crippen molar-refractivity contribution in [2.24, 2.45) is 0 Å². The Labute approximate surface area is 128 Å². The molecule has 2 rings (SSSR count). The zero-order chi connectivity index (χ0) is 15.6. The zero-order valence-electron chi connectivity index (χ0n) is 12.1. The number of nitrogens with one attached hydrogen (secondary N) is 1. The fourth-order valence-corrected chi connectivity index (χ4v) is 3.80. The van der Waals surface area contributed by atoms with Crippen molar-refractivity contribution in [2.45, 2.75) is 18.4 Å². The van der Waals surface area contributed by atoms with Gasteiger partial charge in [-0.3, -0.25) is 0 Å². The Balaban J connectivity index is 2.24. The van der Waals surface area contributed by atoms with Crippen molar-refractivity contribution in [3.05, 3.63) is 35.4 Å². The third-order valence-corrected chi connectivity index (χ3v) is 5.83. The van der Waals surface area contributed by atoms with Gasteiger partial charge >= 0.3 is 0 Å². The number of aromatic nitrogens is 1. The highest BCUT2D eigenvalue weighted by molar-refractivity contribution is 7.89. The number of sulfonamides is 1. The molecular weight excluding hydrogens is 308 g/mol. The first-order valence-electron chi connectivity index (χ1n) is 6.29. The van der Waals surface area contributed by atoms with Crippen LogP contribution in [0.1, 0.15) is 11.1 Å². The van der Waals surface area contributed by atoms with E-state index < -0.39 is 10.0 Å². The normalized spacial score (nSPS) is 11.8. The highest BCUT2D eigenvalue weighted by Crippen LogP contribution is 2.33. The van der Waals surface area contributed by atoms with Crippen LogP contribution in [-0.4, -0.2) is 31.2 Å². The first-order valence-corrected chi connectivity index (χ1v) is 8.51. The minimum atomic E-state index is -3.61. The Morgan fingerprint density at radius 3 is 2.48 bits per heavy atom. The summed E-state index contributed by atoms with van der Waals surface area (Å²) in [6, 6.07) is 8.00. The molecule has 3 N–H and O–H groups in total. The van der Waals surface area contributed by atoms with Crippen molar-refractivity contribution in [2.75, 3.05) is 25.1 Å². The first-order chi connectivity index (χ1) is 9.82. The van der Waals surface area contributed by atoms with E-state index in [4.69, 9.17) is 5.73 Å². The first kappa shape index (κ1) is 15.7. The summed E-state index contributed by atoms with van der Waals surface area (Å²) in [6.07, 6.45) is 0. The van der Waals surface area contributed by atoms with Gasteiger partial charge in [0.1, 0.15) is 5.00 Å². The van der Waals surface area contributed by atoms with Gasteiger partial charge in [-0.05, 0) is 24.0 Å². The van der Waals surface area contributed by atoms with Gasteiger partial charge < -0.3 is 11.1 Å². The van der Waals surface area contributed by atoms with Gasteiger partial charge in [0.15, 0.2) is 10.7 Å². The maximum Gasteiger partial charge on any atom is 0.249 e. The van der Waals surface area contributed by atoms with Crippen LogP contribution in [0.25, 0.3) is 0 Å². The summed E-state index contributed by atoms with van der Waals surface area (Å²) in [5.74, 6) is 0.0279. The molecule has 114 valence electrons. The smallest absolute Gasteiger partial charge is 0.249 e. The van der Waals surface area contributed by atoms with Crippen LogP contribution in [-0.2, 0) is 16.6 Å². The Bertz CT molecular complexity index is 721. The number of nitrogen functional groups attached to an aromatic ring is 1. The van der Waals surface area contributed by atoms with Gasteiger partial charge in [0.05, 0.1) is 0 Å². The predicted octanol–water partition coefficient (Wildman–Crippen LogP) is 1.90. The van der Waals surface area contributed by atoms with Crippen molar-refractivity contribution in [3.8, 4) is 0 Å². The summed E-state index contributed by atoms with van der Waals surface area (Å²) < 4.78 is 29.6. The highest BCUT2D eigenvalue weighted by atomic mass is 32.2. The molecule has 1 aromatic carbocycles. The Kier molecular flexibility index (Phi) is 4.50. The maximum absolute atomic E-state index is 12.3. The third-order valence-electron chi connectivity index (χ3n) is 2.99. The van der Waals surface area contributed by atoms with E-state index in [2.05, 4.69) is 9.69 Å². The second-order valence-corrected chi connectivity index (χ2v) is 7.71. The van der Waals surface area contributed by atoms with Crippen molar-refractivity contribution >= 4 is 32.4 Å². The lowest BCUT2D eigenvalue weighted by molar-refractivity contribution is 0.521. The lowest BCUT2D eigenvalue weighted by Gasteiger charge is -2.13. The van der Waals surface area contributed by atoms with Crippen LogP contribution in [0, 0.1) is 6.92 Å². The SMILES string of the molecule is Cc1ccc(CNc2snc(N)c2S(=O)(=O)N(C)C)cc1. The van der Waals surface area contributed by atoms with Crippen molar-refractivity contribution in [3.63, 3.8) is 0 Å². The van der Waals surface area contributed by atoms with E-state index in [1.54, 1.807) is 0 Å². The number of nitrogens with two attached hydrogens (primary N) is 1. The number of nitrogens with zero attached hydrogens (tertiary/aromatic N) is 2. The Hall–Kier alpha value is -1.64. The minimum Gasteiger partial charge on any atom is -0.382 e. The molecular formula is C13H18N4O2S2. The standard InChI is InChI=1S/C13H18N4O2S2/c1-9-4-6-10(7-5-9)8-15-13-11(12(14)16-20-13)21(18,19)17(2)3/h4-7,15H,8H2,1-3H3,(H2,14,16). The zero-order valence-corrected chi connectivity index (χ0v) is 13.8. The van der Waals surface area contributed by atoms with Gasteiger partial charge in [0.25, 0.3) is 0 Å². The minimum absolute atomic E-state index is 0.0279. The highest BCUT2D eigenvalue weighted by Gasteiger charge is 2.27. The molecule has 0 saturated heterocycles. The molecule has 0 aliphatic heterocycles. The predicted molar refractivity (Wildman–Crippen MR) is 85.9 cm³/mol. The van der Waals surface area contributed by atoms with E-state index in [0.29, 0.717) is 11.5 Å². The summed E-state index contributed by atoms with van der Waals surface area (Å²) in [4.78, 5) is 0.0459. The van der Waals surface area contributed by atoms with E-state index in [0.717, 1.165) is 21.4 Å². The number of aryl methyl sites for hydroxylation is 1. The summed E-state index contributed by atoms with van der Waals surface area (Å²) in [5.41, 5.74) is 7.94. The molecule has 0 aliphatic rings. The molecule has 1 aromatic heterocycles. The Morgan fingerprint density at radius 1 is 1.29 bits per heavy atom. The molecule has 0 unspecified atom stereocenters. The molecule has 2 aromatic rings. The monoisotopic (exact) mass is 326 g/mol. The molecule has 0 saturated carbocycles. The molecule has 1 heterocycles. The van der Waals surface area contributed by atoms with E-state index in [9.17, 15) is 8.42 Å². The van der Waals surface area contributed by atoms with Crippen molar-refractivity contribution in [1.29, 1.82) is 0 Å². The average molecular weight is 326 g/mol. The van der Waals surface area contributed by atoms with E-state index in [1.807, 2.05) is 31.2 Å². The number of rotatable bonds is 5. The van der Waals surface area contributed by atoms with E-state index in [1.165, 1.54) is 19.7 Å². The van der Waals surface area contributed by atoms with Gasteiger partial charge in [-0.25, -0.2) is 12.7 Å². The lowest BCUT2D eigenvalue weighted by Crippen LogP contribution is -2.23. The number of benzene rings is 1. The topological polar surface area (TPSA) is 88.3 Å². The molecule has 0 radical (unpaired) electrons. The molecule has 0 fully saturated rings. The summed E-state index contributed by atoms with van der Waals surface area (Å²) in [5, 5.41) is 3.56.